The molecule has 3 aliphatic rings. The average Bonchev–Trinajstić information content (AvgIpc) is 3.53. The Labute approximate surface area is 384 Å². The number of fused-ring (bicyclic) bond motifs is 2. The molecule has 0 radical (unpaired) electrons. The molecule has 0 unspecified atom stereocenters. The molecule has 0 spiro atoms. The van der Waals surface area contributed by atoms with Gasteiger partial charge in [-0.3, -0.25) is 0 Å². The van der Waals surface area contributed by atoms with E-state index in [9.17, 15) is 21.4 Å². The van der Waals surface area contributed by atoms with Crippen molar-refractivity contribution in [2.45, 2.75) is 86.8 Å². The van der Waals surface area contributed by atoms with Crippen LogP contribution in [0.15, 0.2) is 117 Å². The normalized spacial score (nSPS) is 19.0. The topological polar surface area (TPSA) is 136 Å². The largest absolute Gasteiger partial charge is 0.744 e. The zero-order valence-corrected chi connectivity index (χ0v) is 41.7. The number of anilines is 2. The van der Waals surface area contributed by atoms with Crippen molar-refractivity contribution < 1.29 is 34.9 Å². The predicted octanol–water partition coefficient (Wildman–Crippen LogP) is 7.58. The molecule has 0 saturated carbocycles. The van der Waals surface area contributed by atoms with Crippen molar-refractivity contribution in [3.8, 4) is 0 Å². The van der Waals surface area contributed by atoms with Crippen LogP contribution in [-0.2, 0) is 37.2 Å². The number of hydrogen-bond donors (Lipinski definition) is 2. The lowest BCUT2D eigenvalue weighted by Gasteiger charge is -2.29. The van der Waals surface area contributed by atoms with Gasteiger partial charge < -0.3 is 29.5 Å². The Morgan fingerprint density at radius 3 is 2.08 bits per heavy atom. The first-order valence-corrected chi connectivity index (χ1v) is 25.9. The zero-order chi connectivity index (χ0) is 47.0. The molecule has 11 nitrogen and oxygen atoms in total. The molecule has 2 heterocycles. The second kappa shape index (κ2) is 18.4. The van der Waals surface area contributed by atoms with Crippen molar-refractivity contribution >= 4 is 42.7 Å². The lowest BCUT2D eigenvalue weighted by atomic mass is 9.81. The highest BCUT2D eigenvalue weighted by Crippen LogP contribution is 2.49. The van der Waals surface area contributed by atoms with Gasteiger partial charge in [0.1, 0.15) is 10.1 Å². The predicted molar refractivity (Wildman–Crippen MR) is 261 cm³/mol. The molecule has 6 rings (SSSR count). The summed E-state index contributed by atoms with van der Waals surface area (Å²) in [6.45, 7) is 12.8. The third-order valence-corrected chi connectivity index (χ3v) is 14.9. The van der Waals surface area contributed by atoms with Gasteiger partial charge in [0.15, 0.2) is 22.1 Å². The number of sulfone groups is 1. The fourth-order valence-corrected chi connectivity index (χ4v) is 10.6. The molecular formula is C51H72N6O5S2+2. The van der Waals surface area contributed by atoms with E-state index in [2.05, 4.69) is 121 Å². The number of hydrogen-bond acceptors (Lipinski definition) is 8. The molecule has 1 aliphatic carbocycles. The monoisotopic (exact) mass is 912 g/mol. The van der Waals surface area contributed by atoms with E-state index in [1.54, 1.807) is 18.2 Å². The molecule has 64 heavy (non-hydrogen) atoms. The lowest BCUT2D eigenvalue weighted by Crippen LogP contribution is -2.37. The first-order valence-electron chi connectivity index (χ1n) is 22.6. The second-order valence-corrected chi connectivity index (χ2v) is 24.4. The van der Waals surface area contributed by atoms with Crippen LogP contribution in [0.1, 0.15) is 76.5 Å². The molecule has 0 saturated heterocycles. The second-order valence-electron chi connectivity index (χ2n) is 21.0. The molecule has 3 N–H and O–H groups in total. The van der Waals surface area contributed by atoms with E-state index in [0.717, 1.165) is 119 Å². The Balaban J connectivity index is 1.45. The van der Waals surface area contributed by atoms with Crippen molar-refractivity contribution in [1.29, 1.82) is 0 Å². The fourth-order valence-electron chi connectivity index (χ4n) is 9.44. The quantitative estimate of drug-likeness (QED) is 0.0613. The minimum absolute atomic E-state index is 0.210. The van der Waals surface area contributed by atoms with Crippen LogP contribution in [0.4, 0.5) is 17.1 Å². The molecule has 13 heteroatoms. The number of nitrogens with two attached hydrogens (primary N) is 1. The number of rotatable bonds is 17. The van der Waals surface area contributed by atoms with Gasteiger partial charge in [0.25, 0.3) is 0 Å². The molecular weight excluding hydrogens is 841 g/mol. The summed E-state index contributed by atoms with van der Waals surface area (Å²) in [5.74, 6) is 0. The van der Waals surface area contributed by atoms with Crippen LogP contribution in [0.3, 0.4) is 0 Å². The van der Waals surface area contributed by atoms with Gasteiger partial charge in [-0.15, -0.1) is 0 Å². The van der Waals surface area contributed by atoms with Crippen LogP contribution in [0, 0.1) is 0 Å². The molecule has 3 aromatic carbocycles. The van der Waals surface area contributed by atoms with Crippen LogP contribution in [0.5, 0.6) is 0 Å². The molecule has 0 fully saturated rings. The van der Waals surface area contributed by atoms with Crippen LogP contribution < -0.4 is 16.0 Å². The first kappa shape index (κ1) is 48.9. The van der Waals surface area contributed by atoms with Gasteiger partial charge in [0.2, 0.25) is 5.69 Å². The van der Waals surface area contributed by atoms with Gasteiger partial charge in [-0.05, 0) is 110 Å². The minimum atomic E-state index is -4.64. The van der Waals surface area contributed by atoms with E-state index in [0.29, 0.717) is 11.4 Å². The lowest BCUT2D eigenvalue weighted by molar-refractivity contribution is -0.871. The van der Waals surface area contributed by atoms with E-state index >= 15 is 0 Å². The highest BCUT2D eigenvalue weighted by Gasteiger charge is 2.45. The van der Waals surface area contributed by atoms with Crippen LogP contribution >= 0.6 is 0 Å². The van der Waals surface area contributed by atoms with Crippen molar-refractivity contribution in [2.24, 2.45) is 0 Å². The van der Waals surface area contributed by atoms with Gasteiger partial charge in [0.05, 0.1) is 77.0 Å². The molecule has 2 aliphatic heterocycles. The fraction of sp³-hybridized carbons (Fsp3) is 0.471. The summed E-state index contributed by atoms with van der Waals surface area (Å²) in [5.41, 5.74) is 16.4. The van der Waals surface area contributed by atoms with Gasteiger partial charge in [-0.1, -0.05) is 38.1 Å². The smallest absolute Gasteiger partial charge is 0.209 e. The molecule has 0 bridgehead atoms. The van der Waals surface area contributed by atoms with E-state index in [1.807, 2.05) is 24.3 Å². The van der Waals surface area contributed by atoms with Gasteiger partial charge in [-0.2, -0.15) is 4.58 Å². The van der Waals surface area contributed by atoms with Crippen molar-refractivity contribution in [2.75, 3.05) is 91.9 Å². The first-order chi connectivity index (χ1) is 29.7. The Bertz CT molecular complexity index is 2640. The van der Waals surface area contributed by atoms with E-state index in [1.165, 1.54) is 29.0 Å². The molecule has 346 valence electrons. The molecule has 3 aromatic rings. The third kappa shape index (κ3) is 11.3. The summed E-state index contributed by atoms with van der Waals surface area (Å²) in [7, 11) is 5.13. The van der Waals surface area contributed by atoms with E-state index in [-0.39, 0.29) is 4.90 Å². The number of benzene rings is 3. The zero-order valence-electron chi connectivity index (χ0n) is 40.1. The Morgan fingerprint density at radius 2 is 1.44 bits per heavy atom. The summed E-state index contributed by atoms with van der Waals surface area (Å²) in [4.78, 5) is 2.43. The SMILES string of the molecule is CC1(C)C(=CC=C2CCCC(C=CC3=[N+](CCC[N+](C)(C)C)c4ccc(S(C)(=O)=O)cc4C3(C)C)=C2NCCc2ccc(N)cc2)N(CCC[N+](C)(C)C)c2ccc(S(=O)(=O)[O-])cc21. The standard InChI is InChI=1S/C51H71N6O5S2/c1-50(2)43-35-41(63(11,58)59)23-25-45(43)54(31-13-33-56(5,6)7)47(50)27-19-38-15-12-16-39(49(38)53-30-29-37-17-21-40(52)22-18-37)20-28-48-51(3,4)44-36-42(64(60,61)62)24-26-46(44)55(48)32-14-34-57(8,9)10/h17-28,35-36H,12-16,29-34,52H2,1-11H3/q+1/p+1. The van der Waals surface area contributed by atoms with Gasteiger partial charge in [-0.25, -0.2) is 16.8 Å². The summed E-state index contributed by atoms with van der Waals surface area (Å²) < 4.78 is 66.2. The van der Waals surface area contributed by atoms with Crippen LogP contribution in [0.25, 0.3) is 0 Å². The van der Waals surface area contributed by atoms with Crippen molar-refractivity contribution in [3.63, 3.8) is 0 Å². The minimum Gasteiger partial charge on any atom is -0.744 e. The van der Waals surface area contributed by atoms with E-state index in [4.69, 9.17) is 5.73 Å². The molecule has 0 aromatic heterocycles. The van der Waals surface area contributed by atoms with Crippen molar-refractivity contribution in [3.05, 3.63) is 124 Å². The number of quaternary nitrogens is 2. The highest BCUT2D eigenvalue weighted by atomic mass is 32.2. The number of allylic oxidation sites excluding steroid dienone is 7. The van der Waals surface area contributed by atoms with Gasteiger partial charge in [0, 0.05) is 71.7 Å². The maximum atomic E-state index is 12.8. The maximum absolute atomic E-state index is 12.8. The maximum Gasteiger partial charge on any atom is 0.209 e. The molecule has 0 amide bonds. The number of nitrogens with zero attached hydrogens (tertiary/aromatic N) is 4. The summed E-state index contributed by atoms with van der Waals surface area (Å²) in [6, 6.07) is 18.4. The van der Waals surface area contributed by atoms with E-state index < -0.39 is 30.8 Å². The molecule has 0 atom stereocenters. The Hall–Kier alpha value is -4.53. The van der Waals surface area contributed by atoms with Gasteiger partial charge >= 0.3 is 0 Å². The number of nitrogen functional groups attached to an aromatic ring is 1. The van der Waals surface area contributed by atoms with Crippen molar-refractivity contribution in [1.82, 2.24) is 5.32 Å². The van der Waals surface area contributed by atoms with Crippen LogP contribution in [-0.4, -0.2) is 122 Å². The number of nitrogens with one attached hydrogen (secondary N) is 1. The Kier molecular flexibility index (Phi) is 14.1. The average molecular weight is 913 g/mol. The Morgan fingerprint density at radius 1 is 0.797 bits per heavy atom. The summed E-state index contributed by atoms with van der Waals surface area (Å²) >= 11 is 0. The highest BCUT2D eigenvalue weighted by molar-refractivity contribution is 7.90. The third-order valence-electron chi connectivity index (χ3n) is 13.0. The van der Waals surface area contributed by atoms with Crippen LogP contribution in [0.2, 0.25) is 0 Å². The summed E-state index contributed by atoms with van der Waals surface area (Å²) in [5, 5.41) is 3.87. The summed E-state index contributed by atoms with van der Waals surface area (Å²) in [6.07, 6.45) is 15.7.